The van der Waals surface area contributed by atoms with Crippen LogP contribution in [-0.2, 0) is 0 Å². The van der Waals surface area contributed by atoms with Crippen LogP contribution in [0.25, 0.3) is 0 Å². The summed E-state index contributed by atoms with van der Waals surface area (Å²) in [5.74, 6) is 0.732. The third kappa shape index (κ3) is 3.94. The van der Waals surface area contributed by atoms with Gasteiger partial charge in [0, 0.05) is 17.9 Å². The quantitative estimate of drug-likeness (QED) is 0.862. The van der Waals surface area contributed by atoms with Crippen LogP contribution in [0.5, 0.6) is 5.75 Å². The highest BCUT2D eigenvalue weighted by atomic mass is 35.5. The van der Waals surface area contributed by atoms with Gasteiger partial charge in [-0.05, 0) is 37.1 Å². The molecule has 1 fully saturated rings. The maximum absolute atomic E-state index is 12.4. The first-order chi connectivity index (χ1) is 11.7. The second-order valence-electron chi connectivity index (χ2n) is 5.69. The fourth-order valence-electron chi connectivity index (χ4n) is 2.75. The van der Waals surface area contributed by atoms with Crippen molar-refractivity contribution < 1.29 is 9.53 Å². The monoisotopic (exact) mass is 346 g/mol. The van der Waals surface area contributed by atoms with Crippen LogP contribution >= 0.6 is 11.6 Å². The molecule has 1 heterocycles. The van der Waals surface area contributed by atoms with Crippen LogP contribution in [0, 0.1) is 0 Å². The van der Waals surface area contributed by atoms with Gasteiger partial charge in [0.25, 0.3) is 5.91 Å². The molecule has 3 rings (SSSR count). The summed E-state index contributed by atoms with van der Waals surface area (Å²) in [5.41, 5.74) is 0.882. The summed E-state index contributed by atoms with van der Waals surface area (Å²) in [5, 5.41) is 6.49. The van der Waals surface area contributed by atoms with Gasteiger partial charge >= 0.3 is 0 Å². The Morgan fingerprint density at radius 1 is 1.29 bits per heavy atom. The van der Waals surface area contributed by atoms with Gasteiger partial charge in [-0.15, -0.1) is 0 Å². The Balaban J connectivity index is 1.69. The number of carbonyl (C=O) groups excluding carboxylic acids is 1. The van der Waals surface area contributed by atoms with Crippen LogP contribution in [0.4, 0.5) is 11.6 Å². The first-order valence-corrected chi connectivity index (χ1v) is 8.28. The molecular formula is C17H19ClN4O2. The van der Waals surface area contributed by atoms with Gasteiger partial charge in [-0.3, -0.25) is 4.79 Å². The molecule has 2 aromatic rings. The average Bonchev–Trinajstić information content (AvgIpc) is 3.08. The zero-order valence-corrected chi connectivity index (χ0v) is 14.1. The van der Waals surface area contributed by atoms with Crippen LogP contribution in [0.3, 0.4) is 0 Å². The minimum atomic E-state index is -0.312. The number of nitrogens with one attached hydrogen (secondary N) is 2. The number of carbonyl (C=O) groups is 1. The fraction of sp³-hybridized carbons (Fsp3) is 0.353. The molecule has 0 radical (unpaired) electrons. The lowest BCUT2D eigenvalue weighted by Gasteiger charge is -2.12. The van der Waals surface area contributed by atoms with Gasteiger partial charge in [0.1, 0.15) is 11.4 Å². The van der Waals surface area contributed by atoms with Crippen molar-refractivity contribution in [2.45, 2.75) is 31.7 Å². The number of benzene rings is 1. The number of hydrogen-bond donors (Lipinski definition) is 2. The molecule has 0 spiro atoms. The number of halogens is 1. The number of ether oxygens (including phenoxy) is 1. The Hall–Kier alpha value is -2.34. The average molecular weight is 347 g/mol. The summed E-state index contributed by atoms with van der Waals surface area (Å²) >= 11 is 6.07. The molecule has 1 aromatic carbocycles. The zero-order chi connectivity index (χ0) is 16.9. The van der Waals surface area contributed by atoms with E-state index >= 15 is 0 Å². The molecule has 0 aliphatic heterocycles. The topological polar surface area (TPSA) is 76.1 Å². The number of rotatable bonds is 5. The number of hydrogen-bond acceptors (Lipinski definition) is 5. The van der Waals surface area contributed by atoms with Crippen LogP contribution in [0.1, 0.15) is 36.2 Å². The van der Waals surface area contributed by atoms with Crippen LogP contribution in [0.2, 0.25) is 5.02 Å². The van der Waals surface area contributed by atoms with Crippen LogP contribution in [-0.4, -0.2) is 29.0 Å². The smallest absolute Gasteiger partial charge is 0.274 e. The van der Waals surface area contributed by atoms with E-state index < -0.39 is 0 Å². The first-order valence-electron chi connectivity index (χ1n) is 7.90. The highest BCUT2D eigenvalue weighted by Crippen LogP contribution is 2.27. The summed E-state index contributed by atoms with van der Waals surface area (Å²) in [6.45, 7) is 0. The van der Waals surface area contributed by atoms with E-state index in [9.17, 15) is 4.79 Å². The van der Waals surface area contributed by atoms with Crippen molar-refractivity contribution in [3.05, 3.63) is 41.2 Å². The third-order valence-electron chi connectivity index (χ3n) is 3.99. The normalized spacial score (nSPS) is 14.4. The number of aromatic nitrogens is 2. The molecule has 1 amide bonds. The molecule has 2 N–H and O–H groups in total. The van der Waals surface area contributed by atoms with Crippen molar-refractivity contribution >= 4 is 29.1 Å². The highest BCUT2D eigenvalue weighted by Gasteiger charge is 2.16. The van der Waals surface area contributed by atoms with E-state index in [0.29, 0.717) is 34.1 Å². The molecule has 0 unspecified atom stereocenters. The van der Waals surface area contributed by atoms with Crippen molar-refractivity contribution in [1.82, 2.24) is 9.97 Å². The molecule has 1 aliphatic carbocycles. The minimum absolute atomic E-state index is 0.303. The molecule has 0 atom stereocenters. The van der Waals surface area contributed by atoms with E-state index in [1.165, 1.54) is 12.8 Å². The van der Waals surface area contributed by atoms with Gasteiger partial charge in [0.2, 0.25) is 5.95 Å². The summed E-state index contributed by atoms with van der Waals surface area (Å²) in [6, 6.07) is 7.04. The molecule has 1 aliphatic rings. The first kappa shape index (κ1) is 16.5. The molecule has 7 heteroatoms. The van der Waals surface area contributed by atoms with E-state index in [0.717, 1.165) is 12.8 Å². The van der Waals surface area contributed by atoms with Gasteiger partial charge in [-0.2, -0.15) is 0 Å². The molecule has 0 bridgehead atoms. The van der Waals surface area contributed by atoms with E-state index in [1.54, 1.807) is 37.6 Å². The maximum Gasteiger partial charge on any atom is 0.274 e. The van der Waals surface area contributed by atoms with Gasteiger partial charge in [0.15, 0.2) is 0 Å². The Morgan fingerprint density at radius 3 is 2.79 bits per heavy atom. The summed E-state index contributed by atoms with van der Waals surface area (Å²) in [7, 11) is 1.54. The summed E-state index contributed by atoms with van der Waals surface area (Å²) in [4.78, 5) is 20.9. The number of anilines is 2. The minimum Gasteiger partial charge on any atom is -0.495 e. The third-order valence-corrected chi connectivity index (χ3v) is 4.28. The zero-order valence-electron chi connectivity index (χ0n) is 13.4. The lowest BCUT2D eigenvalue weighted by atomic mass is 10.2. The molecule has 1 aromatic heterocycles. The second kappa shape index (κ2) is 7.49. The van der Waals surface area contributed by atoms with Crippen molar-refractivity contribution in [3.63, 3.8) is 0 Å². The fourth-order valence-corrected chi connectivity index (χ4v) is 3.00. The summed E-state index contributed by atoms with van der Waals surface area (Å²) in [6.07, 6.45) is 6.25. The number of methoxy groups -OCH3 is 1. The van der Waals surface area contributed by atoms with Gasteiger partial charge in [0.05, 0.1) is 12.1 Å². The number of amides is 1. The Labute approximate surface area is 145 Å². The predicted octanol–water partition coefficient (Wildman–Crippen LogP) is 3.75. The molecule has 6 nitrogen and oxygen atoms in total. The predicted molar refractivity (Wildman–Crippen MR) is 93.9 cm³/mol. The van der Waals surface area contributed by atoms with Gasteiger partial charge in [-0.25, -0.2) is 9.97 Å². The van der Waals surface area contributed by atoms with Crippen molar-refractivity contribution in [3.8, 4) is 5.75 Å². The Bertz CT molecular complexity index is 732. The molecule has 1 saturated carbocycles. The van der Waals surface area contributed by atoms with Crippen molar-refractivity contribution in [2.75, 3.05) is 17.7 Å². The SMILES string of the molecule is COc1ccc(NC(=O)c2ccnc(NC3CCCC3)n2)cc1Cl. The maximum atomic E-state index is 12.4. The second-order valence-corrected chi connectivity index (χ2v) is 6.10. The largest absolute Gasteiger partial charge is 0.495 e. The Kier molecular flexibility index (Phi) is 5.15. The molecule has 24 heavy (non-hydrogen) atoms. The van der Waals surface area contributed by atoms with Crippen molar-refractivity contribution in [1.29, 1.82) is 0 Å². The van der Waals surface area contributed by atoms with Gasteiger partial charge < -0.3 is 15.4 Å². The highest BCUT2D eigenvalue weighted by molar-refractivity contribution is 6.32. The molecular weight excluding hydrogens is 328 g/mol. The molecule has 0 saturated heterocycles. The lowest BCUT2D eigenvalue weighted by Crippen LogP contribution is -2.19. The van der Waals surface area contributed by atoms with Crippen LogP contribution < -0.4 is 15.4 Å². The van der Waals surface area contributed by atoms with Gasteiger partial charge in [-0.1, -0.05) is 24.4 Å². The van der Waals surface area contributed by atoms with E-state index in [1.807, 2.05) is 0 Å². The Morgan fingerprint density at radius 2 is 2.08 bits per heavy atom. The van der Waals surface area contributed by atoms with E-state index in [2.05, 4.69) is 20.6 Å². The van der Waals surface area contributed by atoms with E-state index in [4.69, 9.17) is 16.3 Å². The lowest BCUT2D eigenvalue weighted by molar-refractivity contribution is 0.102. The van der Waals surface area contributed by atoms with Crippen LogP contribution in [0.15, 0.2) is 30.5 Å². The molecule has 126 valence electrons. The number of nitrogens with zero attached hydrogens (tertiary/aromatic N) is 2. The van der Waals surface area contributed by atoms with E-state index in [-0.39, 0.29) is 5.91 Å². The standard InChI is InChI=1S/C17H19ClN4O2/c1-24-15-7-6-12(10-13(15)18)20-16(23)14-8-9-19-17(22-14)21-11-4-2-3-5-11/h6-11H,2-5H2,1H3,(H,20,23)(H,19,21,22). The van der Waals surface area contributed by atoms with Crippen molar-refractivity contribution in [2.24, 2.45) is 0 Å². The summed E-state index contributed by atoms with van der Waals surface area (Å²) < 4.78 is 5.10.